The minimum absolute atomic E-state index is 0.306. The molecule has 1 aliphatic heterocycles. The van der Waals surface area contributed by atoms with Gasteiger partial charge in [0, 0.05) is 25.7 Å². The van der Waals surface area contributed by atoms with Crippen molar-refractivity contribution in [2.75, 3.05) is 45.2 Å². The first-order chi connectivity index (χ1) is 12.0. The van der Waals surface area contributed by atoms with Crippen LogP contribution in [0.1, 0.15) is 25.5 Å². The summed E-state index contributed by atoms with van der Waals surface area (Å²) in [5.41, 5.74) is 8.43. The van der Waals surface area contributed by atoms with Gasteiger partial charge < -0.3 is 15.2 Å². The summed E-state index contributed by atoms with van der Waals surface area (Å²) in [7, 11) is 0. The third kappa shape index (κ3) is 4.45. The van der Waals surface area contributed by atoms with Gasteiger partial charge in [0.25, 0.3) is 0 Å². The Morgan fingerprint density at radius 3 is 2.72 bits per heavy atom. The summed E-state index contributed by atoms with van der Waals surface area (Å²) in [4.78, 5) is 2.34. The Hall–Kier alpha value is -1.76. The molecule has 1 aromatic heterocycles. The molecule has 1 aromatic carbocycles. The number of ether oxygens (including phenoxy) is 2. The zero-order valence-corrected chi connectivity index (χ0v) is 15.5. The number of anilines is 1. The number of nitrogen functional groups attached to an aromatic ring is 1. The van der Waals surface area contributed by atoms with Crippen LogP contribution in [-0.2, 0) is 4.74 Å². The quantitative estimate of drug-likeness (QED) is 0.798. The molecule has 1 saturated heterocycles. The van der Waals surface area contributed by atoms with Crippen LogP contribution in [0.3, 0.4) is 0 Å². The second-order valence-corrected chi connectivity index (χ2v) is 6.89. The fraction of sp³-hybridized carbons (Fsp3) is 0.500. The van der Waals surface area contributed by atoms with Gasteiger partial charge in [-0.2, -0.15) is 0 Å². The van der Waals surface area contributed by atoms with Crippen LogP contribution < -0.4 is 10.5 Å². The third-order valence-corrected chi connectivity index (χ3v) is 4.64. The van der Waals surface area contributed by atoms with E-state index in [1.807, 2.05) is 22.9 Å². The molecule has 1 fully saturated rings. The first-order valence-corrected chi connectivity index (χ1v) is 9.00. The van der Waals surface area contributed by atoms with Crippen molar-refractivity contribution in [3.8, 4) is 11.6 Å². The van der Waals surface area contributed by atoms with Crippen molar-refractivity contribution in [3.63, 3.8) is 0 Å². The van der Waals surface area contributed by atoms with Crippen LogP contribution in [-0.4, -0.2) is 54.1 Å². The van der Waals surface area contributed by atoms with Gasteiger partial charge in [-0.15, -0.1) is 5.10 Å². The monoisotopic (exact) mass is 364 g/mol. The maximum Gasteiger partial charge on any atom is 0.233 e. The van der Waals surface area contributed by atoms with Crippen molar-refractivity contribution in [1.82, 2.24) is 14.7 Å². The van der Waals surface area contributed by atoms with Crippen LogP contribution in [0.2, 0.25) is 5.02 Å². The molecular formula is C18H25ClN4O2. The molecule has 2 heterocycles. The van der Waals surface area contributed by atoms with Gasteiger partial charge in [0.05, 0.1) is 35.3 Å². The lowest BCUT2D eigenvalue weighted by molar-refractivity contribution is 0.0320. The van der Waals surface area contributed by atoms with Gasteiger partial charge >= 0.3 is 0 Å². The van der Waals surface area contributed by atoms with Crippen LogP contribution in [0.4, 0.5) is 5.69 Å². The molecule has 0 spiro atoms. The zero-order valence-electron chi connectivity index (χ0n) is 14.7. The number of nitrogens with two attached hydrogens (primary N) is 1. The number of rotatable bonds is 6. The van der Waals surface area contributed by atoms with Crippen molar-refractivity contribution in [3.05, 3.63) is 35.0 Å². The van der Waals surface area contributed by atoms with Crippen molar-refractivity contribution < 1.29 is 9.47 Å². The number of benzene rings is 1. The minimum Gasteiger partial charge on any atom is -0.475 e. The van der Waals surface area contributed by atoms with Crippen LogP contribution >= 0.6 is 11.6 Å². The van der Waals surface area contributed by atoms with E-state index >= 15 is 0 Å². The molecule has 0 radical (unpaired) electrons. The largest absolute Gasteiger partial charge is 0.475 e. The number of morpholine rings is 1. The van der Waals surface area contributed by atoms with Crippen molar-refractivity contribution >= 4 is 17.3 Å². The number of hydrogen-bond donors (Lipinski definition) is 1. The van der Waals surface area contributed by atoms with E-state index in [0.29, 0.717) is 29.1 Å². The average Bonchev–Trinajstić information content (AvgIpc) is 3.03. The van der Waals surface area contributed by atoms with E-state index in [4.69, 9.17) is 26.8 Å². The van der Waals surface area contributed by atoms with Crippen LogP contribution in [0.25, 0.3) is 5.69 Å². The first kappa shape index (κ1) is 18.0. The smallest absolute Gasteiger partial charge is 0.233 e. The molecule has 1 aliphatic rings. The topological polar surface area (TPSA) is 65.5 Å². The van der Waals surface area contributed by atoms with Crippen molar-refractivity contribution in [2.45, 2.75) is 19.8 Å². The van der Waals surface area contributed by atoms with E-state index in [1.54, 1.807) is 6.07 Å². The maximum absolute atomic E-state index is 6.03. The van der Waals surface area contributed by atoms with Gasteiger partial charge in [-0.1, -0.05) is 25.4 Å². The molecule has 6 nitrogen and oxygen atoms in total. The lowest BCUT2D eigenvalue weighted by Gasteiger charge is -2.26. The first-order valence-electron chi connectivity index (χ1n) is 8.63. The summed E-state index contributed by atoms with van der Waals surface area (Å²) < 4.78 is 13.1. The number of aromatic nitrogens is 2. The Morgan fingerprint density at radius 1 is 1.28 bits per heavy atom. The molecule has 0 unspecified atom stereocenters. The minimum atomic E-state index is 0.306. The Labute approximate surface area is 153 Å². The highest BCUT2D eigenvalue weighted by atomic mass is 35.5. The van der Waals surface area contributed by atoms with E-state index in [-0.39, 0.29) is 0 Å². The van der Waals surface area contributed by atoms with Gasteiger partial charge in [0.15, 0.2) is 0 Å². The van der Waals surface area contributed by atoms with Gasteiger partial charge in [0.2, 0.25) is 5.88 Å². The molecule has 25 heavy (non-hydrogen) atoms. The third-order valence-electron chi connectivity index (χ3n) is 4.29. The summed E-state index contributed by atoms with van der Waals surface area (Å²) in [6.07, 6.45) is 0. The van der Waals surface area contributed by atoms with Gasteiger partial charge in [-0.05, 0) is 24.1 Å². The molecule has 0 bridgehead atoms. The summed E-state index contributed by atoms with van der Waals surface area (Å²) in [6, 6.07) is 7.53. The highest BCUT2D eigenvalue weighted by Crippen LogP contribution is 2.27. The fourth-order valence-corrected chi connectivity index (χ4v) is 2.95. The number of nitrogens with zero attached hydrogens (tertiary/aromatic N) is 3. The normalized spacial score (nSPS) is 15.7. The van der Waals surface area contributed by atoms with Crippen LogP contribution in [0.15, 0.2) is 24.3 Å². The molecule has 0 aliphatic carbocycles. The average molecular weight is 365 g/mol. The number of hydrogen-bond acceptors (Lipinski definition) is 5. The maximum atomic E-state index is 6.03. The van der Waals surface area contributed by atoms with E-state index in [1.165, 1.54) is 0 Å². The summed E-state index contributed by atoms with van der Waals surface area (Å²) in [5.74, 6) is 0.937. The molecule has 3 rings (SSSR count). The predicted octanol–water partition coefficient (Wildman–Crippen LogP) is 2.94. The highest BCUT2D eigenvalue weighted by molar-refractivity contribution is 6.33. The molecule has 136 valence electrons. The molecule has 0 atom stereocenters. The van der Waals surface area contributed by atoms with Gasteiger partial charge in [0.1, 0.15) is 6.61 Å². The summed E-state index contributed by atoms with van der Waals surface area (Å²) in [5, 5.41) is 5.15. The Bertz CT molecular complexity index is 711. The molecular weight excluding hydrogens is 340 g/mol. The molecule has 0 saturated carbocycles. The van der Waals surface area contributed by atoms with Crippen molar-refractivity contribution in [1.29, 1.82) is 0 Å². The molecule has 0 amide bonds. The molecule has 2 aromatic rings. The standard InChI is InChI=1S/C18H25ClN4O2/c1-13(2)17-12-18(25-10-7-22-5-8-24-9-6-22)21-23(17)14-3-4-15(19)16(20)11-14/h3-4,11-13H,5-10,20H2,1-2H3. The second kappa shape index (κ2) is 8.08. The lowest BCUT2D eigenvalue weighted by Crippen LogP contribution is -2.38. The van der Waals surface area contributed by atoms with E-state index < -0.39 is 0 Å². The van der Waals surface area contributed by atoms with Gasteiger partial charge in [-0.25, -0.2) is 4.68 Å². The SMILES string of the molecule is CC(C)c1cc(OCCN2CCOCC2)nn1-c1ccc(Cl)c(N)c1. The summed E-state index contributed by atoms with van der Waals surface area (Å²) >= 11 is 6.03. The second-order valence-electron chi connectivity index (χ2n) is 6.48. The molecule has 7 heteroatoms. The molecule has 2 N–H and O–H groups in total. The van der Waals surface area contributed by atoms with Crippen LogP contribution in [0, 0.1) is 0 Å². The van der Waals surface area contributed by atoms with E-state index in [9.17, 15) is 0 Å². The Kier molecular flexibility index (Phi) is 5.83. The van der Waals surface area contributed by atoms with E-state index in [0.717, 1.165) is 44.2 Å². The lowest BCUT2D eigenvalue weighted by atomic mass is 10.1. The number of halogens is 1. The van der Waals surface area contributed by atoms with E-state index in [2.05, 4.69) is 23.8 Å². The Morgan fingerprint density at radius 2 is 2.04 bits per heavy atom. The highest BCUT2D eigenvalue weighted by Gasteiger charge is 2.15. The predicted molar refractivity (Wildman–Crippen MR) is 99.8 cm³/mol. The fourth-order valence-electron chi connectivity index (χ4n) is 2.83. The van der Waals surface area contributed by atoms with Crippen molar-refractivity contribution in [2.24, 2.45) is 0 Å². The van der Waals surface area contributed by atoms with Gasteiger partial charge in [-0.3, -0.25) is 4.90 Å². The zero-order chi connectivity index (χ0) is 17.8. The Balaban J connectivity index is 1.71. The summed E-state index contributed by atoms with van der Waals surface area (Å²) in [6.45, 7) is 9.25. The van der Waals surface area contributed by atoms with Crippen LogP contribution in [0.5, 0.6) is 5.88 Å².